The van der Waals surface area contributed by atoms with Gasteiger partial charge in [0.25, 0.3) is 11.5 Å². The third kappa shape index (κ3) is 2.20. The topological polar surface area (TPSA) is 79.2 Å². The van der Waals surface area contributed by atoms with E-state index in [4.69, 9.17) is 0 Å². The van der Waals surface area contributed by atoms with E-state index in [0.717, 1.165) is 5.69 Å². The normalized spacial score (nSPS) is 16.2. The molecule has 3 rings (SSSR count). The Bertz CT molecular complexity index is 825. The van der Waals surface area contributed by atoms with E-state index in [-0.39, 0.29) is 11.5 Å². The maximum absolute atomic E-state index is 12.5. The molecule has 0 spiro atoms. The zero-order valence-electron chi connectivity index (χ0n) is 11.7. The molecular weight excluding hydrogens is 268 g/mol. The van der Waals surface area contributed by atoms with Gasteiger partial charge in [-0.25, -0.2) is 10.1 Å². The van der Waals surface area contributed by atoms with Crippen molar-refractivity contribution in [1.29, 1.82) is 0 Å². The van der Waals surface area contributed by atoms with Crippen LogP contribution in [0.3, 0.4) is 0 Å². The second-order valence-electron chi connectivity index (χ2n) is 4.82. The summed E-state index contributed by atoms with van der Waals surface area (Å²) in [4.78, 5) is 24.2. The van der Waals surface area contributed by atoms with Crippen molar-refractivity contribution < 1.29 is 4.79 Å². The summed E-state index contributed by atoms with van der Waals surface area (Å²) in [6.07, 6.45) is 1.58. The zero-order chi connectivity index (χ0) is 15.0. The smallest absolute Gasteiger partial charge is 0.278 e. The highest BCUT2D eigenvalue weighted by molar-refractivity contribution is 6.26. The van der Waals surface area contributed by atoms with Crippen molar-refractivity contribution in [2.75, 3.05) is 0 Å². The lowest BCUT2D eigenvalue weighted by Crippen LogP contribution is -2.17. The number of para-hydroxylation sites is 1. The molecule has 1 aliphatic rings. The van der Waals surface area contributed by atoms with Crippen molar-refractivity contribution in [3.8, 4) is 5.69 Å². The Morgan fingerprint density at radius 2 is 1.86 bits per heavy atom. The molecule has 1 amide bonds. The van der Waals surface area contributed by atoms with Crippen molar-refractivity contribution >= 4 is 17.7 Å². The summed E-state index contributed by atoms with van der Waals surface area (Å²) in [7, 11) is 0. The minimum absolute atomic E-state index is 0.196. The molecule has 0 saturated carbocycles. The van der Waals surface area contributed by atoms with Gasteiger partial charge in [0.2, 0.25) is 0 Å². The van der Waals surface area contributed by atoms with Crippen LogP contribution in [-0.4, -0.2) is 21.4 Å². The van der Waals surface area contributed by atoms with Crippen molar-refractivity contribution in [1.82, 2.24) is 15.2 Å². The summed E-state index contributed by atoms with van der Waals surface area (Å²) >= 11 is 0. The minimum atomic E-state index is -0.293. The molecule has 1 aliphatic heterocycles. The number of aromatic amines is 1. The van der Waals surface area contributed by atoms with Crippen LogP contribution in [0.25, 0.3) is 11.8 Å². The molecular formula is C15H14N4O2. The number of aromatic nitrogens is 2. The van der Waals surface area contributed by atoms with Gasteiger partial charge >= 0.3 is 0 Å². The quantitative estimate of drug-likeness (QED) is 0.816. The number of H-pyrrole nitrogens is 1. The van der Waals surface area contributed by atoms with Crippen LogP contribution < -0.4 is 11.0 Å². The first-order chi connectivity index (χ1) is 10.1. The summed E-state index contributed by atoms with van der Waals surface area (Å²) < 4.78 is 1.46. The van der Waals surface area contributed by atoms with Gasteiger partial charge < -0.3 is 0 Å². The van der Waals surface area contributed by atoms with Gasteiger partial charge in [0, 0.05) is 5.69 Å². The van der Waals surface area contributed by atoms with Crippen molar-refractivity contribution in [2.24, 2.45) is 5.10 Å². The van der Waals surface area contributed by atoms with E-state index in [9.17, 15) is 9.59 Å². The Morgan fingerprint density at radius 1 is 1.14 bits per heavy atom. The Balaban J connectivity index is 2.12. The molecule has 2 aromatic rings. The standard InChI is InChI=1S/C15H14N4O2/c1-9-12(14(20)17-16-9)8-13-10(2)18-19(15(13)21)11-6-4-3-5-7-11/h3-8,18H,1-2H3,(H,17,20)/b12-8+. The summed E-state index contributed by atoms with van der Waals surface area (Å²) in [5.74, 6) is -0.293. The lowest BCUT2D eigenvalue weighted by molar-refractivity contribution is -0.116. The highest BCUT2D eigenvalue weighted by atomic mass is 16.2. The van der Waals surface area contributed by atoms with E-state index >= 15 is 0 Å². The molecule has 0 bridgehead atoms. The van der Waals surface area contributed by atoms with E-state index in [1.54, 1.807) is 19.9 Å². The molecule has 6 nitrogen and oxygen atoms in total. The fourth-order valence-corrected chi connectivity index (χ4v) is 2.22. The lowest BCUT2D eigenvalue weighted by Gasteiger charge is -1.99. The molecule has 2 heterocycles. The zero-order valence-corrected chi connectivity index (χ0v) is 11.7. The van der Waals surface area contributed by atoms with Crippen molar-refractivity contribution in [3.63, 3.8) is 0 Å². The summed E-state index contributed by atoms with van der Waals surface area (Å²) in [6.45, 7) is 3.52. The van der Waals surface area contributed by atoms with E-state index in [2.05, 4.69) is 15.6 Å². The maximum atomic E-state index is 12.5. The number of nitrogens with zero attached hydrogens (tertiary/aromatic N) is 2. The van der Waals surface area contributed by atoms with Crippen LogP contribution >= 0.6 is 0 Å². The molecule has 2 N–H and O–H groups in total. The fourth-order valence-electron chi connectivity index (χ4n) is 2.22. The van der Waals surface area contributed by atoms with E-state index in [0.29, 0.717) is 22.5 Å². The summed E-state index contributed by atoms with van der Waals surface area (Å²) in [6, 6.07) is 9.27. The van der Waals surface area contributed by atoms with Gasteiger partial charge in [0.1, 0.15) is 0 Å². The number of hydrogen-bond acceptors (Lipinski definition) is 3. The highest BCUT2D eigenvalue weighted by Crippen LogP contribution is 2.13. The van der Waals surface area contributed by atoms with Gasteiger partial charge in [-0.1, -0.05) is 18.2 Å². The summed E-state index contributed by atoms with van der Waals surface area (Å²) in [5.41, 5.74) is 5.07. The maximum Gasteiger partial charge on any atom is 0.278 e. The van der Waals surface area contributed by atoms with E-state index < -0.39 is 0 Å². The predicted octanol–water partition coefficient (Wildman–Crippen LogP) is 1.36. The molecule has 21 heavy (non-hydrogen) atoms. The summed E-state index contributed by atoms with van der Waals surface area (Å²) in [5, 5.41) is 6.87. The number of carbonyl (C=O) groups excluding carboxylic acids is 1. The highest BCUT2D eigenvalue weighted by Gasteiger charge is 2.20. The lowest BCUT2D eigenvalue weighted by atomic mass is 10.1. The van der Waals surface area contributed by atoms with Gasteiger partial charge in [-0.2, -0.15) is 5.10 Å². The van der Waals surface area contributed by atoms with Crippen molar-refractivity contribution in [3.05, 3.63) is 57.5 Å². The number of carbonyl (C=O) groups is 1. The number of rotatable bonds is 2. The molecule has 0 aliphatic carbocycles. The predicted molar refractivity (Wildman–Crippen MR) is 80.4 cm³/mol. The molecule has 0 radical (unpaired) electrons. The van der Waals surface area contributed by atoms with E-state index in [1.165, 1.54) is 4.68 Å². The van der Waals surface area contributed by atoms with Crippen LogP contribution in [0, 0.1) is 6.92 Å². The van der Waals surface area contributed by atoms with Crippen molar-refractivity contribution in [2.45, 2.75) is 13.8 Å². The number of hydrogen-bond donors (Lipinski definition) is 2. The van der Waals surface area contributed by atoms with Crippen LogP contribution in [-0.2, 0) is 4.79 Å². The van der Waals surface area contributed by atoms with Crippen LogP contribution in [0.1, 0.15) is 18.2 Å². The van der Waals surface area contributed by atoms with Gasteiger partial charge in [-0.05, 0) is 32.1 Å². The van der Waals surface area contributed by atoms with Gasteiger partial charge in [-0.3, -0.25) is 14.7 Å². The van der Waals surface area contributed by atoms with Crippen LogP contribution in [0.4, 0.5) is 0 Å². The van der Waals surface area contributed by atoms with Gasteiger partial charge in [0.15, 0.2) is 0 Å². The average molecular weight is 282 g/mol. The number of amides is 1. The first-order valence-electron chi connectivity index (χ1n) is 6.51. The molecule has 0 fully saturated rings. The largest absolute Gasteiger partial charge is 0.295 e. The third-order valence-corrected chi connectivity index (χ3v) is 3.38. The number of nitrogens with one attached hydrogen (secondary N) is 2. The molecule has 6 heteroatoms. The minimum Gasteiger partial charge on any atom is -0.295 e. The second kappa shape index (κ2) is 4.90. The number of benzene rings is 1. The molecule has 0 saturated heterocycles. The molecule has 1 aromatic carbocycles. The van der Waals surface area contributed by atoms with E-state index in [1.807, 2.05) is 30.3 Å². The molecule has 106 valence electrons. The molecule has 0 unspecified atom stereocenters. The first kappa shape index (κ1) is 13.1. The number of hydrazone groups is 1. The fraction of sp³-hybridized carbons (Fsp3) is 0.133. The van der Waals surface area contributed by atoms with Crippen LogP contribution in [0.2, 0.25) is 0 Å². The Labute approximate surface area is 120 Å². The monoisotopic (exact) mass is 282 g/mol. The third-order valence-electron chi connectivity index (χ3n) is 3.38. The Kier molecular flexibility index (Phi) is 3.06. The average Bonchev–Trinajstić information content (AvgIpc) is 2.95. The second-order valence-corrected chi connectivity index (χ2v) is 4.82. The molecule has 1 aromatic heterocycles. The van der Waals surface area contributed by atoms with Gasteiger partial charge in [0.05, 0.1) is 22.5 Å². The molecule has 0 atom stereocenters. The van der Waals surface area contributed by atoms with Gasteiger partial charge in [-0.15, -0.1) is 0 Å². The number of aryl methyl sites for hydroxylation is 1. The van der Waals surface area contributed by atoms with Crippen LogP contribution in [0.15, 0.2) is 45.8 Å². The van der Waals surface area contributed by atoms with Crippen LogP contribution in [0.5, 0.6) is 0 Å². The first-order valence-corrected chi connectivity index (χ1v) is 6.51. The Morgan fingerprint density at radius 3 is 2.48 bits per heavy atom. The Hall–Kier alpha value is -2.89. The SMILES string of the molecule is CC1=NNC(=O)/C1=C/c1c(C)[nH]n(-c2ccccc2)c1=O.